The van der Waals surface area contributed by atoms with E-state index in [1.807, 2.05) is 24.3 Å². The highest BCUT2D eigenvalue weighted by molar-refractivity contribution is 5.94. The number of nitrogens with one attached hydrogen (secondary N) is 1. The van der Waals surface area contributed by atoms with Gasteiger partial charge in [-0.2, -0.15) is 0 Å². The van der Waals surface area contributed by atoms with Crippen molar-refractivity contribution in [3.63, 3.8) is 0 Å². The van der Waals surface area contributed by atoms with Crippen LogP contribution in [0.3, 0.4) is 0 Å². The topological polar surface area (TPSA) is 68.0 Å². The number of hydrogen-bond donors (Lipinski definition) is 1. The van der Waals surface area contributed by atoms with E-state index in [1.54, 1.807) is 0 Å². The molecule has 2 unspecified atom stereocenters. The highest BCUT2D eigenvalue weighted by Crippen LogP contribution is 2.38. The van der Waals surface area contributed by atoms with Gasteiger partial charge in [-0.15, -0.1) is 10.2 Å². The molecule has 0 saturated heterocycles. The summed E-state index contributed by atoms with van der Waals surface area (Å²) in [6.45, 7) is 2.09. The van der Waals surface area contributed by atoms with Gasteiger partial charge in [-0.1, -0.05) is 6.92 Å². The number of anilines is 1. The predicted octanol–water partition coefficient (Wildman–Crippen LogP) is 2.33. The van der Waals surface area contributed by atoms with Gasteiger partial charge in [-0.25, -0.2) is 0 Å². The lowest BCUT2D eigenvalue weighted by Crippen LogP contribution is -2.14. The van der Waals surface area contributed by atoms with Crippen LogP contribution < -0.4 is 5.32 Å². The molecule has 0 radical (unpaired) electrons. The first-order valence-corrected chi connectivity index (χ1v) is 5.91. The van der Waals surface area contributed by atoms with Crippen LogP contribution in [0, 0.1) is 11.8 Å². The van der Waals surface area contributed by atoms with Crippen molar-refractivity contribution < 1.29 is 9.21 Å². The quantitative estimate of drug-likeness (QED) is 0.898. The molecule has 5 nitrogen and oxygen atoms in total. The van der Waals surface area contributed by atoms with E-state index in [0.717, 1.165) is 17.7 Å². The number of nitrogens with zero attached hydrogens (tertiary/aromatic N) is 2. The molecule has 1 saturated carbocycles. The van der Waals surface area contributed by atoms with Gasteiger partial charge in [-0.05, 0) is 36.6 Å². The van der Waals surface area contributed by atoms with Crippen molar-refractivity contribution in [1.82, 2.24) is 10.2 Å². The number of carbonyl (C=O) groups is 1. The van der Waals surface area contributed by atoms with Crippen LogP contribution in [0.25, 0.3) is 11.5 Å². The number of amides is 1. The van der Waals surface area contributed by atoms with Crippen molar-refractivity contribution >= 4 is 11.6 Å². The monoisotopic (exact) mass is 243 g/mol. The Bertz CT molecular complexity index is 548. The average molecular weight is 243 g/mol. The van der Waals surface area contributed by atoms with Crippen LogP contribution in [-0.4, -0.2) is 16.1 Å². The Hall–Kier alpha value is -2.17. The number of hydrogen-bond acceptors (Lipinski definition) is 4. The maximum Gasteiger partial charge on any atom is 0.247 e. The van der Waals surface area contributed by atoms with Crippen LogP contribution in [0.15, 0.2) is 35.1 Å². The summed E-state index contributed by atoms with van der Waals surface area (Å²) >= 11 is 0. The fourth-order valence-corrected chi connectivity index (χ4v) is 1.92. The van der Waals surface area contributed by atoms with Gasteiger partial charge < -0.3 is 9.73 Å². The zero-order valence-corrected chi connectivity index (χ0v) is 9.96. The minimum absolute atomic E-state index is 0.105. The van der Waals surface area contributed by atoms with E-state index in [4.69, 9.17) is 4.42 Å². The minimum atomic E-state index is 0.105. The van der Waals surface area contributed by atoms with Gasteiger partial charge >= 0.3 is 0 Å². The molecule has 18 heavy (non-hydrogen) atoms. The molecule has 5 heteroatoms. The molecule has 1 aliphatic rings. The van der Waals surface area contributed by atoms with Gasteiger partial charge in [0, 0.05) is 17.2 Å². The number of benzene rings is 1. The summed E-state index contributed by atoms with van der Waals surface area (Å²) in [6.07, 6.45) is 2.28. The first kappa shape index (κ1) is 11.0. The molecule has 1 aromatic heterocycles. The lowest BCUT2D eigenvalue weighted by molar-refractivity contribution is -0.117. The first-order valence-electron chi connectivity index (χ1n) is 5.91. The molecule has 0 bridgehead atoms. The Labute approximate surface area is 104 Å². The summed E-state index contributed by atoms with van der Waals surface area (Å²) < 4.78 is 5.09. The molecular weight excluding hydrogens is 230 g/mol. The fourth-order valence-electron chi connectivity index (χ4n) is 1.92. The SMILES string of the molecule is CC1CC1C(=O)Nc1ccc(-c2nnco2)cc1. The summed E-state index contributed by atoms with van der Waals surface area (Å²) in [5.41, 5.74) is 1.63. The molecule has 1 N–H and O–H groups in total. The standard InChI is InChI=1S/C13H13N3O2/c1-8-6-11(8)12(17)15-10-4-2-9(3-5-10)13-16-14-7-18-13/h2-5,7-8,11H,6H2,1H3,(H,15,17). The molecule has 1 aliphatic carbocycles. The van der Waals surface area contributed by atoms with Crippen LogP contribution in [0.2, 0.25) is 0 Å². The molecule has 2 aromatic rings. The molecule has 0 aliphatic heterocycles. The van der Waals surface area contributed by atoms with Crippen LogP contribution in [0.4, 0.5) is 5.69 Å². The summed E-state index contributed by atoms with van der Waals surface area (Å²) in [5, 5.41) is 10.3. The molecule has 92 valence electrons. The van der Waals surface area contributed by atoms with E-state index in [9.17, 15) is 4.79 Å². The molecule has 1 amide bonds. The summed E-state index contributed by atoms with van der Waals surface area (Å²) in [6, 6.07) is 7.37. The van der Waals surface area contributed by atoms with Crippen LogP contribution in [0.5, 0.6) is 0 Å². The van der Waals surface area contributed by atoms with E-state index >= 15 is 0 Å². The molecule has 3 rings (SSSR count). The Balaban J connectivity index is 1.69. The summed E-state index contributed by atoms with van der Waals surface area (Å²) in [4.78, 5) is 11.7. The van der Waals surface area contributed by atoms with Gasteiger partial charge in [0.1, 0.15) is 0 Å². The van der Waals surface area contributed by atoms with Crippen molar-refractivity contribution in [2.45, 2.75) is 13.3 Å². The van der Waals surface area contributed by atoms with E-state index in [1.165, 1.54) is 6.39 Å². The Morgan fingerprint density at radius 3 is 2.67 bits per heavy atom. The largest absolute Gasteiger partial charge is 0.423 e. The predicted molar refractivity (Wildman–Crippen MR) is 65.6 cm³/mol. The molecule has 1 aromatic carbocycles. The zero-order chi connectivity index (χ0) is 12.5. The van der Waals surface area contributed by atoms with Gasteiger partial charge in [0.15, 0.2) is 0 Å². The fraction of sp³-hybridized carbons (Fsp3) is 0.308. The number of aromatic nitrogens is 2. The zero-order valence-electron chi connectivity index (χ0n) is 9.96. The van der Waals surface area contributed by atoms with E-state index < -0.39 is 0 Å². The van der Waals surface area contributed by atoms with E-state index in [2.05, 4.69) is 22.4 Å². The summed E-state index contributed by atoms with van der Waals surface area (Å²) in [5.74, 6) is 1.28. The maximum absolute atomic E-state index is 11.7. The highest BCUT2D eigenvalue weighted by Gasteiger charge is 2.38. The van der Waals surface area contributed by atoms with Crippen LogP contribution in [-0.2, 0) is 4.79 Å². The second-order valence-electron chi connectivity index (χ2n) is 4.63. The molecule has 0 spiro atoms. The number of rotatable bonds is 3. The van der Waals surface area contributed by atoms with Crippen LogP contribution >= 0.6 is 0 Å². The third-order valence-electron chi connectivity index (χ3n) is 3.21. The molecule has 2 atom stereocenters. The normalized spacial score (nSPS) is 21.6. The van der Waals surface area contributed by atoms with Crippen molar-refractivity contribution in [3.8, 4) is 11.5 Å². The smallest absolute Gasteiger partial charge is 0.247 e. The third-order valence-corrected chi connectivity index (χ3v) is 3.21. The highest BCUT2D eigenvalue weighted by atomic mass is 16.4. The van der Waals surface area contributed by atoms with Crippen LogP contribution in [0.1, 0.15) is 13.3 Å². The molecule has 1 fully saturated rings. The first-order chi connectivity index (χ1) is 8.74. The third kappa shape index (κ3) is 2.11. The molecular formula is C13H13N3O2. The Morgan fingerprint density at radius 2 is 2.11 bits per heavy atom. The van der Waals surface area contributed by atoms with Crippen molar-refractivity contribution in [2.24, 2.45) is 11.8 Å². The van der Waals surface area contributed by atoms with E-state index in [0.29, 0.717) is 11.8 Å². The van der Waals surface area contributed by atoms with Gasteiger partial charge in [0.25, 0.3) is 0 Å². The maximum atomic E-state index is 11.7. The Kier molecular flexibility index (Phi) is 2.59. The second kappa shape index (κ2) is 4.25. The van der Waals surface area contributed by atoms with Crippen molar-refractivity contribution in [1.29, 1.82) is 0 Å². The van der Waals surface area contributed by atoms with Gasteiger partial charge in [0.05, 0.1) is 0 Å². The van der Waals surface area contributed by atoms with E-state index in [-0.39, 0.29) is 11.8 Å². The van der Waals surface area contributed by atoms with Crippen molar-refractivity contribution in [2.75, 3.05) is 5.32 Å². The lowest BCUT2D eigenvalue weighted by atomic mass is 10.2. The number of carbonyl (C=O) groups excluding carboxylic acids is 1. The van der Waals surface area contributed by atoms with Crippen molar-refractivity contribution in [3.05, 3.63) is 30.7 Å². The van der Waals surface area contributed by atoms with Gasteiger partial charge in [-0.3, -0.25) is 4.79 Å². The van der Waals surface area contributed by atoms with Gasteiger partial charge in [0.2, 0.25) is 18.2 Å². The minimum Gasteiger partial charge on any atom is -0.423 e. The lowest BCUT2D eigenvalue weighted by Gasteiger charge is -2.04. The summed E-state index contributed by atoms with van der Waals surface area (Å²) in [7, 11) is 0. The second-order valence-corrected chi connectivity index (χ2v) is 4.63. The Morgan fingerprint density at radius 1 is 1.39 bits per heavy atom. The molecule has 1 heterocycles. The average Bonchev–Trinajstić information content (AvgIpc) is 2.91.